The Hall–Kier alpha value is -2.13. The Morgan fingerprint density at radius 3 is 1.64 bits per heavy atom. The summed E-state index contributed by atoms with van der Waals surface area (Å²) in [6.45, 7) is 7.94. The smallest absolute Gasteiger partial charge is 0.338 e. The fourth-order valence-corrected chi connectivity index (χ4v) is 2.46. The van der Waals surface area contributed by atoms with Gasteiger partial charge in [0.25, 0.3) is 0 Å². The zero-order chi connectivity index (χ0) is 21.1. The second-order valence-electron chi connectivity index (χ2n) is 5.47. The second-order valence-corrected chi connectivity index (χ2v) is 5.47. The summed E-state index contributed by atoms with van der Waals surface area (Å²) in [6, 6.07) is 4.09. The molecule has 0 radical (unpaired) electrons. The molecule has 0 aromatic heterocycles. The van der Waals surface area contributed by atoms with Crippen LogP contribution >= 0.6 is 0 Å². The average Bonchev–Trinajstić information content (AvgIpc) is 2.71. The van der Waals surface area contributed by atoms with E-state index in [0.717, 1.165) is 0 Å². The molecule has 0 unspecified atom stereocenters. The van der Waals surface area contributed by atoms with Gasteiger partial charge in [-0.15, -0.1) is 0 Å². The van der Waals surface area contributed by atoms with Gasteiger partial charge < -0.3 is 23.7 Å². The number of methoxy groups -OCH3 is 1. The average molecular weight is 396 g/mol. The van der Waals surface area contributed by atoms with Gasteiger partial charge in [0, 0.05) is 37.6 Å². The molecule has 28 heavy (non-hydrogen) atoms. The van der Waals surface area contributed by atoms with Crippen LogP contribution in [0.3, 0.4) is 0 Å². The van der Waals surface area contributed by atoms with Crippen molar-refractivity contribution in [2.75, 3.05) is 33.5 Å². The van der Waals surface area contributed by atoms with Crippen LogP contribution in [0.2, 0.25) is 0 Å². The standard InChI is InChI=1S/C20H28O8/c1-6-25-19(26-7-2)16(21)13-10-11-14(18(23)24-5)15(12-13)17(22)20(27-8-3)28-9-4/h10-12,19-20H,6-9H2,1-5H3. The molecule has 0 saturated heterocycles. The molecule has 0 aliphatic carbocycles. The number of benzene rings is 1. The number of carbonyl (C=O) groups excluding carboxylic acids is 3. The maximum absolute atomic E-state index is 12.9. The largest absolute Gasteiger partial charge is 0.465 e. The van der Waals surface area contributed by atoms with E-state index in [1.54, 1.807) is 27.7 Å². The molecular formula is C20H28O8. The molecule has 0 heterocycles. The van der Waals surface area contributed by atoms with Crippen molar-refractivity contribution in [1.29, 1.82) is 0 Å². The summed E-state index contributed by atoms with van der Waals surface area (Å²) in [7, 11) is 1.21. The predicted octanol–water partition coefficient (Wildman–Crippen LogP) is 2.64. The predicted molar refractivity (Wildman–Crippen MR) is 101 cm³/mol. The SMILES string of the molecule is CCOC(OCC)C(=O)c1ccc(C(=O)OC)c(C(=O)C(OCC)OCC)c1. The molecule has 8 heteroatoms. The molecule has 1 aromatic rings. The van der Waals surface area contributed by atoms with Crippen LogP contribution in [0.1, 0.15) is 58.8 Å². The van der Waals surface area contributed by atoms with Crippen LogP contribution in [0.4, 0.5) is 0 Å². The van der Waals surface area contributed by atoms with Gasteiger partial charge in [-0.1, -0.05) is 6.07 Å². The van der Waals surface area contributed by atoms with Crippen LogP contribution in [0.25, 0.3) is 0 Å². The lowest BCUT2D eigenvalue weighted by atomic mass is 9.98. The second kappa shape index (κ2) is 12.4. The van der Waals surface area contributed by atoms with Crippen molar-refractivity contribution in [3.8, 4) is 0 Å². The Morgan fingerprint density at radius 2 is 1.21 bits per heavy atom. The molecule has 8 nitrogen and oxygen atoms in total. The van der Waals surface area contributed by atoms with E-state index in [0.29, 0.717) is 0 Å². The number of rotatable bonds is 13. The highest BCUT2D eigenvalue weighted by molar-refractivity contribution is 6.10. The summed E-state index contributed by atoms with van der Waals surface area (Å²) < 4.78 is 26.1. The molecule has 0 saturated carbocycles. The summed E-state index contributed by atoms with van der Waals surface area (Å²) in [5.74, 6) is -1.75. The van der Waals surface area contributed by atoms with Crippen LogP contribution < -0.4 is 0 Å². The van der Waals surface area contributed by atoms with Gasteiger partial charge in [0.05, 0.1) is 12.7 Å². The normalized spacial score (nSPS) is 11.1. The molecule has 0 bridgehead atoms. The molecule has 156 valence electrons. The molecule has 0 amide bonds. The van der Waals surface area contributed by atoms with Crippen molar-refractivity contribution in [3.63, 3.8) is 0 Å². The minimum absolute atomic E-state index is 0.0119. The number of ketones is 2. The van der Waals surface area contributed by atoms with Gasteiger partial charge in [0.15, 0.2) is 0 Å². The van der Waals surface area contributed by atoms with Crippen LogP contribution in [-0.2, 0) is 23.7 Å². The summed E-state index contributed by atoms with van der Waals surface area (Å²) in [5.41, 5.74) is 0.142. The number of hydrogen-bond donors (Lipinski definition) is 0. The minimum atomic E-state index is -1.20. The van der Waals surface area contributed by atoms with E-state index in [1.165, 1.54) is 25.3 Å². The molecule has 0 N–H and O–H groups in total. The van der Waals surface area contributed by atoms with Crippen molar-refractivity contribution < 1.29 is 38.1 Å². The maximum Gasteiger partial charge on any atom is 0.338 e. The number of esters is 1. The monoisotopic (exact) mass is 396 g/mol. The zero-order valence-corrected chi connectivity index (χ0v) is 17.0. The number of hydrogen-bond acceptors (Lipinski definition) is 8. The van der Waals surface area contributed by atoms with Gasteiger partial charge >= 0.3 is 5.97 Å². The highest BCUT2D eigenvalue weighted by atomic mass is 16.7. The Labute approximate surface area is 165 Å². The van der Waals surface area contributed by atoms with E-state index in [-0.39, 0.29) is 43.1 Å². The third-order valence-electron chi connectivity index (χ3n) is 3.68. The summed E-state index contributed by atoms with van der Waals surface area (Å²) in [4.78, 5) is 37.8. The fraction of sp³-hybridized carbons (Fsp3) is 0.550. The number of Topliss-reactive ketones (excluding diaryl/α,β-unsaturated/α-hetero) is 2. The first kappa shape index (κ1) is 23.9. The first-order valence-corrected chi connectivity index (χ1v) is 9.22. The van der Waals surface area contributed by atoms with Crippen LogP contribution in [0, 0.1) is 0 Å². The Bertz CT molecular complexity index is 658. The first-order chi connectivity index (χ1) is 13.4. The van der Waals surface area contributed by atoms with Gasteiger partial charge in [0.2, 0.25) is 24.1 Å². The summed E-state index contributed by atoms with van der Waals surface area (Å²) >= 11 is 0. The highest BCUT2D eigenvalue weighted by Crippen LogP contribution is 2.19. The molecule has 0 fully saturated rings. The number of ether oxygens (including phenoxy) is 5. The zero-order valence-electron chi connectivity index (χ0n) is 17.0. The quantitative estimate of drug-likeness (QED) is 0.285. The van der Waals surface area contributed by atoms with Gasteiger partial charge in [0.1, 0.15) is 0 Å². The summed E-state index contributed by atoms with van der Waals surface area (Å²) in [5, 5.41) is 0. The van der Waals surface area contributed by atoms with Crippen molar-refractivity contribution >= 4 is 17.5 Å². The first-order valence-electron chi connectivity index (χ1n) is 9.22. The molecule has 0 atom stereocenters. The van der Waals surface area contributed by atoms with Crippen molar-refractivity contribution in [2.45, 2.75) is 40.3 Å². The van der Waals surface area contributed by atoms with Crippen LogP contribution in [0.15, 0.2) is 18.2 Å². The molecular weight excluding hydrogens is 368 g/mol. The van der Waals surface area contributed by atoms with E-state index in [9.17, 15) is 14.4 Å². The van der Waals surface area contributed by atoms with E-state index in [4.69, 9.17) is 23.7 Å². The van der Waals surface area contributed by atoms with Gasteiger partial charge in [-0.05, 0) is 39.8 Å². The van der Waals surface area contributed by atoms with Gasteiger partial charge in [-0.2, -0.15) is 0 Å². The van der Waals surface area contributed by atoms with Gasteiger partial charge in [-0.25, -0.2) is 4.79 Å². The van der Waals surface area contributed by atoms with Gasteiger partial charge in [-0.3, -0.25) is 9.59 Å². The molecule has 0 spiro atoms. The molecule has 1 rings (SSSR count). The van der Waals surface area contributed by atoms with E-state index in [1.807, 2.05) is 0 Å². The van der Waals surface area contributed by atoms with E-state index < -0.39 is 30.1 Å². The lowest BCUT2D eigenvalue weighted by Gasteiger charge is -2.19. The molecule has 1 aromatic carbocycles. The van der Waals surface area contributed by atoms with Crippen molar-refractivity contribution in [1.82, 2.24) is 0 Å². The molecule has 0 aliphatic rings. The lowest BCUT2D eigenvalue weighted by molar-refractivity contribution is -0.107. The molecule has 0 aliphatic heterocycles. The Morgan fingerprint density at radius 1 is 0.750 bits per heavy atom. The Kier molecular flexibility index (Phi) is 10.5. The topological polar surface area (TPSA) is 97.4 Å². The van der Waals surface area contributed by atoms with Crippen molar-refractivity contribution in [3.05, 3.63) is 34.9 Å². The van der Waals surface area contributed by atoms with Crippen LogP contribution in [0.5, 0.6) is 0 Å². The third-order valence-corrected chi connectivity index (χ3v) is 3.68. The number of carbonyl (C=O) groups is 3. The van der Waals surface area contributed by atoms with E-state index in [2.05, 4.69) is 0 Å². The third kappa shape index (κ3) is 6.20. The minimum Gasteiger partial charge on any atom is -0.465 e. The fourth-order valence-electron chi connectivity index (χ4n) is 2.46. The summed E-state index contributed by atoms with van der Waals surface area (Å²) in [6.07, 6.45) is -2.30. The van der Waals surface area contributed by atoms with Crippen molar-refractivity contribution in [2.24, 2.45) is 0 Å². The van der Waals surface area contributed by atoms with E-state index >= 15 is 0 Å². The highest BCUT2D eigenvalue weighted by Gasteiger charge is 2.29. The van der Waals surface area contributed by atoms with Crippen LogP contribution in [-0.4, -0.2) is 63.7 Å². The Balaban J connectivity index is 3.38. The lowest BCUT2D eigenvalue weighted by Crippen LogP contribution is -2.31. The maximum atomic E-state index is 12.9.